The minimum Gasteiger partial charge on any atom is -0.463 e. The van der Waals surface area contributed by atoms with Gasteiger partial charge in [0.1, 0.15) is 12.1 Å². The second-order valence-corrected chi connectivity index (χ2v) is 9.89. The highest BCUT2D eigenvalue weighted by Gasteiger charge is 2.40. The maximum atomic E-state index is 12.2. The molecule has 0 saturated heterocycles. The predicted octanol–water partition coefficient (Wildman–Crippen LogP) is 6.27. The molecule has 2 heterocycles. The first-order chi connectivity index (χ1) is 21.6. The van der Waals surface area contributed by atoms with Crippen molar-refractivity contribution in [3.63, 3.8) is 0 Å². The number of rotatable bonds is 8. The van der Waals surface area contributed by atoms with Crippen molar-refractivity contribution in [3.8, 4) is 0 Å². The lowest BCUT2D eigenvalue weighted by atomic mass is 10.0. The fourth-order valence-electron chi connectivity index (χ4n) is 4.87. The number of benzene rings is 4. The molecule has 0 unspecified atom stereocenters. The Labute approximate surface area is 257 Å². The van der Waals surface area contributed by atoms with Crippen molar-refractivity contribution in [1.29, 1.82) is 0 Å². The molecule has 6 rings (SSSR count). The molecule has 0 fully saturated rings. The summed E-state index contributed by atoms with van der Waals surface area (Å²) in [5, 5.41) is 0. The standard InChI is InChI=1S/2C18H17NO3/c2*1-2-21-18(20)16-15(13-9-5-3-6-10-13)19-17(22-16)14-11-7-4-8-12-14/h2*3-12,15-16H,2H2,1H3/t15-,16+;15-,16-/m00/s1. The summed E-state index contributed by atoms with van der Waals surface area (Å²) in [4.78, 5) is 33.6. The van der Waals surface area contributed by atoms with Crippen molar-refractivity contribution in [2.75, 3.05) is 13.2 Å². The Morgan fingerprint density at radius 1 is 0.545 bits per heavy atom. The zero-order valence-corrected chi connectivity index (χ0v) is 24.6. The van der Waals surface area contributed by atoms with Gasteiger partial charge in [-0.25, -0.2) is 19.6 Å². The van der Waals surface area contributed by atoms with Crippen LogP contribution in [-0.2, 0) is 28.5 Å². The summed E-state index contributed by atoms with van der Waals surface area (Å²) in [6.45, 7) is 4.20. The molecule has 0 radical (unpaired) electrons. The van der Waals surface area contributed by atoms with E-state index < -0.39 is 12.2 Å². The van der Waals surface area contributed by atoms with Gasteiger partial charge in [0.25, 0.3) is 0 Å². The van der Waals surface area contributed by atoms with Gasteiger partial charge in [-0.2, -0.15) is 0 Å². The molecular formula is C36H34N2O6. The quantitative estimate of drug-likeness (QED) is 0.225. The highest BCUT2D eigenvalue weighted by Crippen LogP contribution is 2.33. The Bertz CT molecular complexity index is 1460. The SMILES string of the molecule is CCOC(=O)[C@@H]1OC(c2ccccc2)=N[C@H]1c1ccccc1.CCOC(=O)[C@H]1OC(c2ccccc2)=N[C@H]1c1ccccc1. The van der Waals surface area contributed by atoms with E-state index in [9.17, 15) is 9.59 Å². The lowest BCUT2D eigenvalue weighted by Crippen LogP contribution is -2.29. The summed E-state index contributed by atoms with van der Waals surface area (Å²) in [6.07, 6.45) is -1.48. The molecule has 0 spiro atoms. The van der Waals surface area contributed by atoms with E-state index in [1.807, 2.05) is 121 Å². The van der Waals surface area contributed by atoms with Gasteiger partial charge in [-0.3, -0.25) is 0 Å². The third kappa shape index (κ3) is 7.21. The van der Waals surface area contributed by atoms with E-state index in [4.69, 9.17) is 18.9 Å². The summed E-state index contributed by atoms with van der Waals surface area (Å²) >= 11 is 0. The van der Waals surface area contributed by atoms with Crippen molar-refractivity contribution in [2.45, 2.75) is 38.1 Å². The topological polar surface area (TPSA) is 95.8 Å². The molecule has 0 bridgehead atoms. The maximum absolute atomic E-state index is 12.2. The molecule has 44 heavy (non-hydrogen) atoms. The lowest BCUT2D eigenvalue weighted by Gasteiger charge is -2.16. The van der Waals surface area contributed by atoms with Crippen LogP contribution in [0.3, 0.4) is 0 Å². The molecule has 4 aromatic carbocycles. The van der Waals surface area contributed by atoms with E-state index >= 15 is 0 Å². The zero-order chi connectivity index (χ0) is 30.7. The molecule has 2 aliphatic heterocycles. The van der Waals surface area contributed by atoms with Gasteiger partial charge >= 0.3 is 11.9 Å². The number of hydrogen-bond donors (Lipinski definition) is 0. The monoisotopic (exact) mass is 590 g/mol. The van der Waals surface area contributed by atoms with Crippen molar-refractivity contribution in [3.05, 3.63) is 144 Å². The van der Waals surface area contributed by atoms with Crippen LogP contribution in [0, 0.1) is 0 Å². The van der Waals surface area contributed by atoms with Gasteiger partial charge in [-0.05, 0) is 49.2 Å². The Morgan fingerprint density at radius 2 is 0.864 bits per heavy atom. The molecule has 0 amide bonds. The number of esters is 2. The third-order valence-electron chi connectivity index (χ3n) is 6.92. The number of hydrogen-bond acceptors (Lipinski definition) is 8. The summed E-state index contributed by atoms with van der Waals surface area (Å²) in [5.74, 6) is 0.192. The molecule has 8 heteroatoms. The highest BCUT2D eigenvalue weighted by molar-refractivity contribution is 5.98. The van der Waals surface area contributed by atoms with Gasteiger partial charge in [0.2, 0.25) is 24.0 Å². The summed E-state index contributed by atoms with van der Waals surface area (Å²) in [7, 11) is 0. The van der Waals surface area contributed by atoms with Crippen LogP contribution in [0.25, 0.3) is 0 Å². The molecule has 0 aliphatic carbocycles. The van der Waals surface area contributed by atoms with Crippen LogP contribution in [0.5, 0.6) is 0 Å². The van der Waals surface area contributed by atoms with E-state index in [2.05, 4.69) is 9.98 Å². The van der Waals surface area contributed by atoms with Crippen LogP contribution >= 0.6 is 0 Å². The normalized spacial score (nSPS) is 20.1. The molecular weight excluding hydrogens is 556 g/mol. The van der Waals surface area contributed by atoms with Crippen LogP contribution < -0.4 is 0 Å². The minimum absolute atomic E-state index is 0.320. The Balaban J connectivity index is 0.000000175. The van der Waals surface area contributed by atoms with E-state index in [0.29, 0.717) is 25.0 Å². The first-order valence-electron chi connectivity index (χ1n) is 14.6. The van der Waals surface area contributed by atoms with Crippen molar-refractivity contribution >= 4 is 23.7 Å². The maximum Gasteiger partial charge on any atom is 0.350 e. The molecule has 0 saturated carbocycles. The Morgan fingerprint density at radius 3 is 1.18 bits per heavy atom. The first kappa shape index (κ1) is 30.2. The first-order valence-corrected chi connectivity index (χ1v) is 14.6. The molecule has 224 valence electrons. The van der Waals surface area contributed by atoms with Crippen LogP contribution in [0.2, 0.25) is 0 Å². The fourth-order valence-corrected chi connectivity index (χ4v) is 4.87. The van der Waals surface area contributed by atoms with E-state index in [0.717, 1.165) is 22.3 Å². The zero-order valence-electron chi connectivity index (χ0n) is 24.6. The molecule has 2 aliphatic rings. The predicted molar refractivity (Wildman–Crippen MR) is 167 cm³/mol. The van der Waals surface area contributed by atoms with Gasteiger partial charge in [0, 0.05) is 11.1 Å². The van der Waals surface area contributed by atoms with Gasteiger partial charge in [-0.15, -0.1) is 0 Å². The number of aliphatic imine (C=N–C) groups is 2. The third-order valence-corrected chi connectivity index (χ3v) is 6.92. The largest absolute Gasteiger partial charge is 0.463 e. The van der Waals surface area contributed by atoms with E-state index in [1.54, 1.807) is 13.8 Å². The Hall–Kier alpha value is -5.24. The average molecular weight is 591 g/mol. The van der Waals surface area contributed by atoms with Crippen LogP contribution in [0.4, 0.5) is 0 Å². The van der Waals surface area contributed by atoms with Gasteiger partial charge in [-0.1, -0.05) is 97.1 Å². The molecule has 4 atom stereocenters. The number of carbonyl (C=O) groups excluding carboxylic acids is 2. The van der Waals surface area contributed by atoms with Gasteiger partial charge in [0.05, 0.1) is 13.2 Å². The van der Waals surface area contributed by atoms with Crippen molar-refractivity contribution in [2.24, 2.45) is 9.98 Å². The van der Waals surface area contributed by atoms with Gasteiger partial charge in [0.15, 0.2) is 0 Å². The van der Waals surface area contributed by atoms with Crippen LogP contribution in [0.15, 0.2) is 131 Å². The van der Waals surface area contributed by atoms with Crippen molar-refractivity contribution < 1.29 is 28.5 Å². The smallest absolute Gasteiger partial charge is 0.350 e. The van der Waals surface area contributed by atoms with Crippen LogP contribution in [-0.4, -0.2) is 49.2 Å². The molecule has 0 N–H and O–H groups in total. The number of carbonyl (C=O) groups is 2. The van der Waals surface area contributed by atoms with Crippen LogP contribution in [0.1, 0.15) is 48.2 Å². The highest BCUT2D eigenvalue weighted by atomic mass is 16.6. The van der Waals surface area contributed by atoms with Crippen molar-refractivity contribution in [1.82, 2.24) is 0 Å². The van der Waals surface area contributed by atoms with E-state index in [1.165, 1.54) is 0 Å². The number of nitrogens with zero attached hydrogens (tertiary/aromatic N) is 2. The summed E-state index contributed by atoms with van der Waals surface area (Å²) in [6, 6.07) is 37.7. The minimum atomic E-state index is -0.738. The second kappa shape index (κ2) is 14.8. The molecule has 0 aromatic heterocycles. The summed E-state index contributed by atoms with van der Waals surface area (Å²) < 4.78 is 21.9. The van der Waals surface area contributed by atoms with E-state index in [-0.39, 0.29) is 24.0 Å². The second-order valence-electron chi connectivity index (χ2n) is 9.89. The fraction of sp³-hybridized carbons (Fsp3) is 0.222. The van der Waals surface area contributed by atoms with Gasteiger partial charge < -0.3 is 18.9 Å². The Kier molecular flexibility index (Phi) is 10.2. The number of ether oxygens (including phenoxy) is 4. The molecule has 8 nitrogen and oxygen atoms in total. The lowest BCUT2D eigenvalue weighted by molar-refractivity contribution is -0.152. The average Bonchev–Trinajstić information content (AvgIpc) is 3.74. The summed E-state index contributed by atoms with van der Waals surface area (Å²) in [5.41, 5.74) is 3.59. The molecule has 4 aromatic rings.